The third kappa shape index (κ3) is 5.33. The first kappa shape index (κ1) is 15.0. The molecule has 4 nitrogen and oxygen atoms in total. The molecule has 0 spiro atoms. The van der Waals surface area contributed by atoms with Crippen LogP contribution in [-0.4, -0.2) is 11.0 Å². The van der Waals surface area contributed by atoms with Gasteiger partial charge in [0.1, 0.15) is 5.76 Å². The van der Waals surface area contributed by atoms with Crippen LogP contribution in [-0.2, 0) is 11.3 Å². The topological polar surface area (TPSA) is 54.3 Å². The molecule has 2 rings (SSSR count). The largest absolute Gasteiger partial charge is 0.467 e. The molecular formula is C15H22N2O2S. The minimum Gasteiger partial charge on any atom is -0.467 e. The van der Waals surface area contributed by atoms with Crippen LogP contribution in [0.3, 0.4) is 0 Å². The van der Waals surface area contributed by atoms with Gasteiger partial charge in [-0.05, 0) is 36.7 Å². The van der Waals surface area contributed by atoms with E-state index in [9.17, 15) is 4.79 Å². The SMILES string of the molecule is O=C(CCC1CCCCC1)NC(=S)NCc1ccco1. The van der Waals surface area contributed by atoms with Crippen LogP contribution in [0.2, 0.25) is 0 Å². The predicted molar refractivity (Wildman–Crippen MR) is 82.1 cm³/mol. The van der Waals surface area contributed by atoms with Gasteiger partial charge in [-0.2, -0.15) is 0 Å². The van der Waals surface area contributed by atoms with Crippen molar-refractivity contribution in [1.82, 2.24) is 10.6 Å². The van der Waals surface area contributed by atoms with Crippen molar-refractivity contribution in [3.63, 3.8) is 0 Å². The first-order valence-corrected chi connectivity index (χ1v) is 7.75. The maximum atomic E-state index is 11.8. The van der Waals surface area contributed by atoms with Gasteiger partial charge in [0.05, 0.1) is 12.8 Å². The molecule has 0 unspecified atom stereocenters. The summed E-state index contributed by atoms with van der Waals surface area (Å²) in [4.78, 5) is 11.8. The molecular weight excluding hydrogens is 272 g/mol. The Morgan fingerprint density at radius 1 is 1.35 bits per heavy atom. The molecule has 0 aliphatic heterocycles. The van der Waals surface area contributed by atoms with E-state index in [1.165, 1.54) is 32.1 Å². The molecule has 0 aromatic carbocycles. The number of carbonyl (C=O) groups excluding carboxylic acids is 1. The van der Waals surface area contributed by atoms with E-state index in [-0.39, 0.29) is 5.91 Å². The molecule has 0 bridgehead atoms. The van der Waals surface area contributed by atoms with E-state index in [2.05, 4.69) is 10.6 Å². The molecule has 1 aliphatic rings. The Morgan fingerprint density at radius 3 is 2.85 bits per heavy atom. The molecule has 1 aliphatic carbocycles. The second-order valence-electron chi connectivity index (χ2n) is 5.35. The minimum atomic E-state index is 0.00696. The molecule has 0 radical (unpaired) electrons. The normalized spacial score (nSPS) is 15.8. The van der Waals surface area contributed by atoms with Crippen molar-refractivity contribution in [1.29, 1.82) is 0 Å². The fourth-order valence-corrected chi connectivity index (χ4v) is 2.81. The number of hydrogen-bond acceptors (Lipinski definition) is 3. The Hall–Kier alpha value is -1.36. The molecule has 1 aromatic rings. The molecule has 2 N–H and O–H groups in total. The fraction of sp³-hybridized carbons (Fsp3) is 0.600. The van der Waals surface area contributed by atoms with E-state index >= 15 is 0 Å². The zero-order chi connectivity index (χ0) is 14.2. The number of nitrogens with one attached hydrogen (secondary N) is 2. The van der Waals surface area contributed by atoms with Crippen molar-refractivity contribution in [3.05, 3.63) is 24.2 Å². The maximum absolute atomic E-state index is 11.8. The number of furan rings is 1. The smallest absolute Gasteiger partial charge is 0.226 e. The minimum absolute atomic E-state index is 0.00696. The van der Waals surface area contributed by atoms with Crippen molar-refractivity contribution < 1.29 is 9.21 Å². The lowest BCUT2D eigenvalue weighted by Gasteiger charge is -2.21. The third-order valence-corrected chi connectivity index (χ3v) is 4.01. The fourth-order valence-electron chi connectivity index (χ4n) is 2.62. The van der Waals surface area contributed by atoms with Gasteiger partial charge in [-0.3, -0.25) is 4.79 Å². The van der Waals surface area contributed by atoms with Crippen LogP contribution in [0.15, 0.2) is 22.8 Å². The summed E-state index contributed by atoms with van der Waals surface area (Å²) in [6.45, 7) is 0.495. The summed E-state index contributed by atoms with van der Waals surface area (Å²) < 4.78 is 5.18. The highest BCUT2D eigenvalue weighted by Gasteiger charge is 2.15. The quantitative estimate of drug-likeness (QED) is 0.819. The molecule has 0 saturated heterocycles. The highest BCUT2D eigenvalue weighted by Crippen LogP contribution is 2.27. The second kappa shape index (κ2) is 8.04. The zero-order valence-electron chi connectivity index (χ0n) is 11.7. The van der Waals surface area contributed by atoms with Crippen molar-refractivity contribution in [2.75, 3.05) is 0 Å². The molecule has 5 heteroatoms. The molecule has 1 aromatic heterocycles. The highest BCUT2D eigenvalue weighted by atomic mass is 32.1. The van der Waals surface area contributed by atoms with Crippen molar-refractivity contribution in [3.8, 4) is 0 Å². The summed E-state index contributed by atoms with van der Waals surface area (Å²) in [5.41, 5.74) is 0. The van der Waals surface area contributed by atoms with Gasteiger partial charge in [0.25, 0.3) is 0 Å². The van der Waals surface area contributed by atoms with Gasteiger partial charge in [-0.25, -0.2) is 0 Å². The Balaban J connectivity index is 1.59. The van der Waals surface area contributed by atoms with Gasteiger partial charge in [0.2, 0.25) is 5.91 Å². The van der Waals surface area contributed by atoms with E-state index < -0.39 is 0 Å². The lowest BCUT2D eigenvalue weighted by Crippen LogP contribution is -2.38. The van der Waals surface area contributed by atoms with Crippen molar-refractivity contribution >= 4 is 23.2 Å². The van der Waals surface area contributed by atoms with Gasteiger partial charge < -0.3 is 15.1 Å². The first-order valence-electron chi connectivity index (χ1n) is 7.34. The van der Waals surface area contributed by atoms with Gasteiger partial charge in [-0.15, -0.1) is 0 Å². The Labute approximate surface area is 125 Å². The van der Waals surface area contributed by atoms with E-state index in [4.69, 9.17) is 16.6 Å². The van der Waals surface area contributed by atoms with Crippen molar-refractivity contribution in [2.45, 2.75) is 51.5 Å². The molecule has 110 valence electrons. The summed E-state index contributed by atoms with van der Waals surface area (Å²) >= 11 is 5.09. The standard InChI is InChI=1S/C15H22N2O2S/c18-14(9-8-12-5-2-1-3-6-12)17-15(20)16-11-13-7-4-10-19-13/h4,7,10,12H,1-3,5-6,8-9,11H2,(H2,16,17,18,20). The van der Waals surface area contributed by atoms with Crippen LogP contribution < -0.4 is 10.6 Å². The van der Waals surface area contributed by atoms with Crippen LogP contribution in [0.4, 0.5) is 0 Å². The number of thiocarbonyl (C=S) groups is 1. The van der Waals surface area contributed by atoms with Crippen LogP contribution >= 0.6 is 12.2 Å². The van der Waals surface area contributed by atoms with Gasteiger partial charge in [0.15, 0.2) is 5.11 Å². The molecule has 1 saturated carbocycles. The summed E-state index contributed by atoms with van der Waals surface area (Å²) in [6, 6.07) is 3.68. The first-order chi connectivity index (χ1) is 9.74. The van der Waals surface area contributed by atoms with Crippen LogP contribution in [0.5, 0.6) is 0 Å². The van der Waals surface area contributed by atoms with Crippen molar-refractivity contribution in [2.24, 2.45) is 5.92 Å². The Morgan fingerprint density at radius 2 is 2.15 bits per heavy atom. The average molecular weight is 294 g/mol. The van der Waals surface area contributed by atoms with Crippen LogP contribution in [0.25, 0.3) is 0 Å². The number of rotatable bonds is 5. The average Bonchev–Trinajstić information content (AvgIpc) is 2.97. The second-order valence-corrected chi connectivity index (χ2v) is 5.76. The molecule has 1 heterocycles. The summed E-state index contributed by atoms with van der Waals surface area (Å²) in [7, 11) is 0. The lowest BCUT2D eigenvalue weighted by molar-refractivity contribution is -0.120. The Kier molecular flexibility index (Phi) is 6.05. The van der Waals surface area contributed by atoms with E-state index in [0.29, 0.717) is 18.1 Å². The van der Waals surface area contributed by atoms with Crippen LogP contribution in [0.1, 0.15) is 50.7 Å². The number of hydrogen-bond donors (Lipinski definition) is 2. The van der Waals surface area contributed by atoms with Crippen LogP contribution in [0, 0.1) is 5.92 Å². The summed E-state index contributed by atoms with van der Waals surface area (Å²) in [5, 5.41) is 6.05. The molecule has 1 fully saturated rings. The monoisotopic (exact) mass is 294 g/mol. The van der Waals surface area contributed by atoms with E-state index in [0.717, 1.165) is 18.1 Å². The highest BCUT2D eigenvalue weighted by molar-refractivity contribution is 7.80. The predicted octanol–water partition coefficient (Wildman–Crippen LogP) is 3.13. The molecule has 1 amide bonds. The zero-order valence-corrected chi connectivity index (χ0v) is 12.5. The van der Waals surface area contributed by atoms with E-state index in [1.807, 2.05) is 12.1 Å². The number of amides is 1. The van der Waals surface area contributed by atoms with Gasteiger partial charge in [0, 0.05) is 6.42 Å². The maximum Gasteiger partial charge on any atom is 0.226 e. The summed E-state index contributed by atoms with van der Waals surface area (Å²) in [5.74, 6) is 1.52. The van der Waals surface area contributed by atoms with E-state index in [1.54, 1.807) is 6.26 Å². The molecule has 0 atom stereocenters. The Bertz CT molecular complexity index is 425. The number of carbonyl (C=O) groups is 1. The lowest BCUT2D eigenvalue weighted by atomic mass is 9.86. The summed E-state index contributed by atoms with van der Waals surface area (Å²) in [6.07, 6.45) is 9.68. The van der Waals surface area contributed by atoms with Gasteiger partial charge in [-0.1, -0.05) is 32.1 Å². The van der Waals surface area contributed by atoms with Gasteiger partial charge >= 0.3 is 0 Å². The molecule has 20 heavy (non-hydrogen) atoms. The third-order valence-electron chi connectivity index (χ3n) is 3.76.